The average molecular weight is 275 g/mol. The molecule has 0 unspecified atom stereocenters. The summed E-state index contributed by atoms with van der Waals surface area (Å²) < 4.78 is 0. The van der Waals surface area contributed by atoms with E-state index in [0.717, 1.165) is 12.1 Å². The highest BCUT2D eigenvalue weighted by Gasteiger charge is 2.31. The molecular weight excluding hydrogens is 268 g/mol. The van der Waals surface area contributed by atoms with E-state index in [4.69, 9.17) is 11.6 Å². The van der Waals surface area contributed by atoms with Gasteiger partial charge >= 0.3 is 0 Å². The van der Waals surface area contributed by atoms with Crippen molar-refractivity contribution in [2.24, 2.45) is 0 Å². The van der Waals surface area contributed by atoms with Gasteiger partial charge in [-0.3, -0.25) is 9.59 Å². The second-order valence-corrected chi connectivity index (χ2v) is 4.67. The molecule has 0 radical (unpaired) electrons. The van der Waals surface area contributed by atoms with Gasteiger partial charge in [-0.2, -0.15) is 0 Å². The summed E-state index contributed by atoms with van der Waals surface area (Å²) in [5.74, 6) is -1.65. The number of hydrogen-bond donors (Lipinski definition) is 2. The summed E-state index contributed by atoms with van der Waals surface area (Å²) in [6, 6.07) is 6.61. The van der Waals surface area contributed by atoms with E-state index in [-0.39, 0.29) is 28.0 Å². The molecule has 0 fully saturated rings. The summed E-state index contributed by atoms with van der Waals surface area (Å²) in [7, 11) is 0. The Bertz CT molecular complexity index is 749. The summed E-state index contributed by atoms with van der Waals surface area (Å²) in [5.41, 5.74) is 0.590. The van der Waals surface area contributed by atoms with Gasteiger partial charge in [0.15, 0.2) is 23.1 Å². The molecule has 0 aliphatic heterocycles. The maximum Gasteiger partial charge on any atom is 0.194 e. The molecule has 0 aromatic heterocycles. The van der Waals surface area contributed by atoms with Gasteiger partial charge in [-0.1, -0.05) is 11.6 Å². The van der Waals surface area contributed by atoms with E-state index in [9.17, 15) is 19.8 Å². The second kappa shape index (κ2) is 3.83. The SMILES string of the molecule is O=C1c2ccc(Cl)cc2C(=O)c2cc(O)c(O)cc21. The first kappa shape index (κ1) is 11.7. The Balaban J connectivity index is 2.32. The number of fused-ring (bicyclic) bond motifs is 2. The van der Waals surface area contributed by atoms with Gasteiger partial charge in [0.25, 0.3) is 0 Å². The molecule has 0 heterocycles. The number of carbonyl (C=O) groups is 2. The van der Waals surface area contributed by atoms with Crippen molar-refractivity contribution in [3.05, 3.63) is 57.6 Å². The van der Waals surface area contributed by atoms with Gasteiger partial charge in [-0.15, -0.1) is 0 Å². The van der Waals surface area contributed by atoms with Crippen LogP contribution < -0.4 is 0 Å². The first-order valence-corrected chi connectivity index (χ1v) is 5.82. The molecule has 5 heteroatoms. The highest BCUT2D eigenvalue weighted by molar-refractivity contribution is 6.33. The molecule has 4 nitrogen and oxygen atoms in total. The Morgan fingerprint density at radius 3 is 1.79 bits per heavy atom. The van der Waals surface area contributed by atoms with E-state index in [2.05, 4.69) is 0 Å². The van der Waals surface area contributed by atoms with Crippen LogP contribution in [0.25, 0.3) is 0 Å². The molecule has 2 N–H and O–H groups in total. The molecule has 0 atom stereocenters. The lowest BCUT2D eigenvalue weighted by atomic mass is 9.84. The number of carbonyl (C=O) groups excluding carboxylic acids is 2. The molecular formula is C14H7ClO4. The summed E-state index contributed by atoms with van der Waals surface area (Å²) in [5, 5.41) is 19.2. The molecule has 0 saturated carbocycles. The predicted molar refractivity (Wildman–Crippen MR) is 68.1 cm³/mol. The fourth-order valence-corrected chi connectivity index (χ4v) is 2.32. The number of halogens is 1. The Hall–Kier alpha value is -2.33. The normalized spacial score (nSPS) is 13.1. The van der Waals surface area contributed by atoms with Crippen LogP contribution in [0.3, 0.4) is 0 Å². The minimum absolute atomic E-state index is 0.0649. The van der Waals surface area contributed by atoms with Gasteiger partial charge < -0.3 is 10.2 Å². The third-order valence-electron chi connectivity index (χ3n) is 3.07. The van der Waals surface area contributed by atoms with Gasteiger partial charge in [0.2, 0.25) is 0 Å². The third kappa shape index (κ3) is 1.61. The van der Waals surface area contributed by atoms with Crippen molar-refractivity contribution >= 4 is 23.2 Å². The van der Waals surface area contributed by atoms with E-state index >= 15 is 0 Å². The fraction of sp³-hybridized carbons (Fsp3) is 0. The van der Waals surface area contributed by atoms with Crippen molar-refractivity contribution < 1.29 is 19.8 Å². The number of hydrogen-bond acceptors (Lipinski definition) is 4. The molecule has 0 bridgehead atoms. The fourth-order valence-electron chi connectivity index (χ4n) is 2.15. The molecule has 0 spiro atoms. The van der Waals surface area contributed by atoms with Crippen LogP contribution in [0.4, 0.5) is 0 Å². The Labute approximate surface area is 112 Å². The smallest absolute Gasteiger partial charge is 0.194 e. The maximum atomic E-state index is 12.3. The van der Waals surface area contributed by atoms with Crippen LogP contribution in [0.15, 0.2) is 30.3 Å². The summed E-state index contributed by atoms with van der Waals surface area (Å²) >= 11 is 5.82. The van der Waals surface area contributed by atoms with Crippen molar-refractivity contribution in [1.82, 2.24) is 0 Å². The Morgan fingerprint density at radius 1 is 0.737 bits per heavy atom. The van der Waals surface area contributed by atoms with Crippen LogP contribution in [0.1, 0.15) is 31.8 Å². The van der Waals surface area contributed by atoms with Crippen LogP contribution in [-0.2, 0) is 0 Å². The summed E-state index contributed by atoms with van der Waals surface area (Å²) in [4.78, 5) is 24.5. The zero-order chi connectivity index (χ0) is 13.7. The Morgan fingerprint density at radius 2 is 1.21 bits per heavy atom. The number of phenolic OH excluding ortho intramolecular Hbond substituents is 2. The van der Waals surface area contributed by atoms with Crippen LogP contribution >= 0.6 is 11.6 Å². The molecule has 1 aliphatic rings. The largest absolute Gasteiger partial charge is 0.504 e. The first-order valence-electron chi connectivity index (χ1n) is 5.44. The zero-order valence-electron chi connectivity index (χ0n) is 9.48. The second-order valence-electron chi connectivity index (χ2n) is 4.23. The number of phenols is 2. The quantitative estimate of drug-likeness (QED) is 0.618. The average Bonchev–Trinajstić information content (AvgIpc) is 2.38. The van der Waals surface area contributed by atoms with Crippen molar-refractivity contribution in [3.63, 3.8) is 0 Å². The topological polar surface area (TPSA) is 74.6 Å². The number of ketones is 2. The minimum atomic E-state index is -0.439. The van der Waals surface area contributed by atoms with Crippen LogP contribution in [-0.4, -0.2) is 21.8 Å². The van der Waals surface area contributed by atoms with Crippen LogP contribution in [0, 0.1) is 0 Å². The third-order valence-corrected chi connectivity index (χ3v) is 3.31. The lowest BCUT2D eigenvalue weighted by Gasteiger charge is -2.18. The molecule has 2 aromatic carbocycles. The van der Waals surface area contributed by atoms with Crippen molar-refractivity contribution in [1.29, 1.82) is 0 Å². The van der Waals surface area contributed by atoms with E-state index in [0.29, 0.717) is 5.02 Å². The first-order chi connectivity index (χ1) is 8.99. The molecule has 1 aliphatic carbocycles. The van der Waals surface area contributed by atoms with Gasteiger partial charge in [-0.25, -0.2) is 0 Å². The van der Waals surface area contributed by atoms with Gasteiger partial charge in [-0.05, 0) is 30.3 Å². The van der Waals surface area contributed by atoms with Gasteiger partial charge in [0.05, 0.1) is 0 Å². The van der Waals surface area contributed by atoms with Crippen LogP contribution in [0.2, 0.25) is 5.02 Å². The molecule has 3 rings (SSSR count). The lowest BCUT2D eigenvalue weighted by Crippen LogP contribution is -2.20. The van der Waals surface area contributed by atoms with E-state index in [1.807, 2.05) is 0 Å². The molecule has 19 heavy (non-hydrogen) atoms. The summed E-state index contributed by atoms with van der Waals surface area (Å²) in [6.45, 7) is 0. The van der Waals surface area contributed by atoms with Crippen molar-refractivity contribution in [2.75, 3.05) is 0 Å². The standard InChI is InChI=1S/C14H7ClO4/c15-6-1-2-7-8(3-6)14(19)10-5-12(17)11(16)4-9(10)13(7)18/h1-5,16-17H. The van der Waals surface area contributed by atoms with E-state index in [1.54, 1.807) is 0 Å². The highest BCUT2D eigenvalue weighted by Crippen LogP contribution is 2.35. The Kier molecular flexibility index (Phi) is 2.37. The molecule has 0 amide bonds. The number of benzene rings is 2. The predicted octanol–water partition coefficient (Wildman–Crippen LogP) is 2.53. The lowest BCUT2D eigenvalue weighted by molar-refractivity contribution is 0.0978. The maximum absolute atomic E-state index is 12.3. The van der Waals surface area contributed by atoms with Gasteiger partial charge in [0, 0.05) is 27.3 Å². The number of aromatic hydroxyl groups is 2. The molecule has 2 aromatic rings. The van der Waals surface area contributed by atoms with Gasteiger partial charge in [0.1, 0.15) is 0 Å². The highest BCUT2D eigenvalue weighted by atomic mass is 35.5. The van der Waals surface area contributed by atoms with E-state index < -0.39 is 17.3 Å². The number of rotatable bonds is 0. The van der Waals surface area contributed by atoms with Crippen LogP contribution in [0.5, 0.6) is 11.5 Å². The van der Waals surface area contributed by atoms with E-state index in [1.165, 1.54) is 18.2 Å². The minimum Gasteiger partial charge on any atom is -0.504 e. The zero-order valence-corrected chi connectivity index (χ0v) is 10.2. The summed E-state index contributed by atoms with van der Waals surface area (Å²) in [6.07, 6.45) is 0. The van der Waals surface area contributed by atoms with Crippen molar-refractivity contribution in [2.45, 2.75) is 0 Å². The molecule has 0 saturated heterocycles. The monoisotopic (exact) mass is 274 g/mol. The molecule has 94 valence electrons. The van der Waals surface area contributed by atoms with Crippen molar-refractivity contribution in [3.8, 4) is 11.5 Å².